The molecule has 0 bridgehead atoms. The molecule has 4 atom stereocenters. The molecule has 0 aliphatic carbocycles. The molecule has 0 aliphatic heterocycles. The predicted octanol–water partition coefficient (Wildman–Crippen LogP) is 12.4. The van der Waals surface area contributed by atoms with Crippen molar-refractivity contribution in [1.82, 2.24) is 5.32 Å². The van der Waals surface area contributed by atoms with Crippen molar-refractivity contribution in [2.45, 2.75) is 282 Å². The van der Waals surface area contributed by atoms with Crippen molar-refractivity contribution in [3.8, 4) is 0 Å². The molecule has 5 N–H and O–H groups in total. The van der Waals surface area contributed by atoms with Crippen LogP contribution in [-0.2, 0) is 4.79 Å². The van der Waals surface area contributed by atoms with E-state index in [9.17, 15) is 25.2 Å². The molecular weight excluding hydrogens is 647 g/mol. The van der Waals surface area contributed by atoms with Gasteiger partial charge in [0.05, 0.1) is 18.8 Å². The fraction of sp³-hybridized carbons (Fsp3) is 0.978. The summed E-state index contributed by atoms with van der Waals surface area (Å²) in [5.74, 6) is -0.580. The van der Waals surface area contributed by atoms with Gasteiger partial charge in [0.1, 0.15) is 12.2 Å². The fourth-order valence-electron chi connectivity index (χ4n) is 7.58. The van der Waals surface area contributed by atoms with Gasteiger partial charge >= 0.3 is 0 Å². The maximum Gasteiger partial charge on any atom is 0.249 e. The van der Waals surface area contributed by atoms with E-state index in [4.69, 9.17) is 0 Å². The lowest BCUT2D eigenvalue weighted by atomic mass is 9.99. The zero-order chi connectivity index (χ0) is 38.2. The lowest BCUT2D eigenvalue weighted by Gasteiger charge is -2.27. The minimum absolute atomic E-state index is 0.375. The Hall–Kier alpha value is -0.690. The first-order valence-electron chi connectivity index (χ1n) is 23.4. The average molecular weight is 740 g/mol. The molecule has 0 rings (SSSR count). The number of hydrogen-bond acceptors (Lipinski definition) is 5. The monoisotopic (exact) mass is 740 g/mol. The molecule has 0 aliphatic rings. The Morgan fingerprint density at radius 3 is 0.923 bits per heavy atom. The van der Waals surface area contributed by atoms with Crippen LogP contribution in [0.1, 0.15) is 258 Å². The highest BCUT2D eigenvalue weighted by molar-refractivity contribution is 5.80. The van der Waals surface area contributed by atoms with Crippen molar-refractivity contribution in [3.63, 3.8) is 0 Å². The van der Waals surface area contributed by atoms with Gasteiger partial charge < -0.3 is 25.7 Å². The lowest BCUT2D eigenvalue weighted by Crippen LogP contribution is -2.53. The smallest absolute Gasteiger partial charge is 0.249 e. The van der Waals surface area contributed by atoms with Gasteiger partial charge in [-0.3, -0.25) is 4.79 Å². The zero-order valence-electron chi connectivity index (χ0n) is 35.1. The largest absolute Gasteiger partial charge is 0.394 e. The summed E-state index contributed by atoms with van der Waals surface area (Å²) in [5.41, 5.74) is 0. The Balaban J connectivity index is 3.63. The molecule has 0 heterocycles. The first kappa shape index (κ1) is 51.3. The molecule has 6 nitrogen and oxygen atoms in total. The van der Waals surface area contributed by atoms with Gasteiger partial charge in [0, 0.05) is 0 Å². The van der Waals surface area contributed by atoms with Gasteiger partial charge in [-0.2, -0.15) is 0 Å². The molecule has 0 saturated heterocycles. The van der Waals surface area contributed by atoms with E-state index in [2.05, 4.69) is 19.2 Å². The third-order valence-electron chi connectivity index (χ3n) is 11.3. The van der Waals surface area contributed by atoms with Crippen LogP contribution in [0, 0.1) is 0 Å². The summed E-state index contributed by atoms with van der Waals surface area (Å²) in [7, 11) is 0. The van der Waals surface area contributed by atoms with Crippen LogP contribution in [0.4, 0.5) is 0 Å². The summed E-state index contributed by atoms with van der Waals surface area (Å²) in [6.45, 7) is 4.07. The van der Waals surface area contributed by atoms with Crippen LogP contribution in [0.5, 0.6) is 0 Å². The van der Waals surface area contributed by atoms with Gasteiger partial charge in [0.25, 0.3) is 0 Å². The van der Waals surface area contributed by atoms with Crippen molar-refractivity contribution in [2.75, 3.05) is 6.61 Å². The molecule has 4 unspecified atom stereocenters. The summed E-state index contributed by atoms with van der Waals surface area (Å²) in [6.07, 6.45) is 44.3. The van der Waals surface area contributed by atoms with E-state index in [0.29, 0.717) is 12.8 Å². The van der Waals surface area contributed by atoms with Crippen LogP contribution >= 0.6 is 0 Å². The molecule has 0 spiro atoms. The van der Waals surface area contributed by atoms with Crippen molar-refractivity contribution in [3.05, 3.63) is 0 Å². The normalized spacial score (nSPS) is 14.0. The number of unbranched alkanes of at least 4 members (excludes halogenated alkanes) is 34. The molecule has 0 radical (unpaired) electrons. The molecule has 1 amide bonds. The molecule has 0 aromatic carbocycles. The topological polar surface area (TPSA) is 110 Å². The number of carbonyl (C=O) groups excluding carboxylic acids is 1. The highest BCUT2D eigenvalue weighted by atomic mass is 16.3. The third kappa shape index (κ3) is 35.0. The van der Waals surface area contributed by atoms with Crippen LogP contribution in [0.2, 0.25) is 0 Å². The summed E-state index contributed by atoms with van der Waals surface area (Å²) in [5, 5.41) is 43.7. The third-order valence-corrected chi connectivity index (χ3v) is 11.3. The predicted molar refractivity (Wildman–Crippen MR) is 224 cm³/mol. The summed E-state index contributed by atoms with van der Waals surface area (Å²) in [6, 6.07) is -0.978. The SMILES string of the molecule is CCCCCCCCCCCCCCCCCCCCCCCCCC(O)C(O)C(CO)NC(=O)C(O)CCCCCCCCCCCCCCC. The number of hydrogen-bond donors (Lipinski definition) is 5. The van der Waals surface area contributed by atoms with Crippen LogP contribution in [0.25, 0.3) is 0 Å². The highest BCUT2D eigenvalue weighted by Crippen LogP contribution is 2.18. The Kier molecular flexibility index (Phi) is 40.9. The van der Waals surface area contributed by atoms with Crippen LogP contribution < -0.4 is 5.32 Å². The lowest BCUT2D eigenvalue weighted by molar-refractivity contribution is -0.132. The second-order valence-corrected chi connectivity index (χ2v) is 16.5. The van der Waals surface area contributed by atoms with Gasteiger partial charge in [-0.15, -0.1) is 0 Å². The Morgan fingerprint density at radius 2 is 0.654 bits per heavy atom. The second-order valence-electron chi connectivity index (χ2n) is 16.5. The molecule has 6 heteroatoms. The highest BCUT2D eigenvalue weighted by Gasteiger charge is 2.28. The first-order valence-corrected chi connectivity index (χ1v) is 23.4. The van der Waals surface area contributed by atoms with E-state index in [1.54, 1.807) is 0 Å². The molecule has 0 fully saturated rings. The number of aliphatic hydroxyl groups excluding tert-OH is 4. The van der Waals surface area contributed by atoms with Crippen molar-refractivity contribution >= 4 is 5.91 Å². The fourth-order valence-corrected chi connectivity index (χ4v) is 7.58. The number of carbonyl (C=O) groups is 1. The standard InChI is InChI=1S/C46H93NO5/c1-3-5-7-9-11-13-15-17-18-19-20-21-22-23-24-25-26-28-29-31-33-35-37-39-43(49)45(51)42(41-48)47-46(52)44(50)40-38-36-34-32-30-27-16-14-12-10-8-6-4-2/h42-45,48-51H,3-41H2,1-2H3,(H,47,52). The van der Waals surface area contributed by atoms with Crippen molar-refractivity contribution in [1.29, 1.82) is 0 Å². The van der Waals surface area contributed by atoms with E-state index in [1.807, 2.05) is 0 Å². The first-order chi connectivity index (χ1) is 25.5. The second kappa shape index (κ2) is 41.5. The van der Waals surface area contributed by atoms with Crippen molar-refractivity contribution in [2.24, 2.45) is 0 Å². The average Bonchev–Trinajstić information content (AvgIpc) is 3.15. The van der Waals surface area contributed by atoms with Gasteiger partial charge in [0.15, 0.2) is 0 Å². The molecule has 52 heavy (non-hydrogen) atoms. The molecule has 312 valence electrons. The van der Waals surface area contributed by atoms with Gasteiger partial charge in [-0.05, 0) is 12.8 Å². The van der Waals surface area contributed by atoms with E-state index < -0.39 is 36.9 Å². The summed E-state index contributed by atoms with van der Waals surface area (Å²) >= 11 is 0. The van der Waals surface area contributed by atoms with E-state index in [1.165, 1.54) is 193 Å². The van der Waals surface area contributed by atoms with Crippen molar-refractivity contribution < 1.29 is 25.2 Å². The van der Waals surface area contributed by atoms with Gasteiger partial charge in [-0.1, -0.05) is 245 Å². The van der Waals surface area contributed by atoms with Crippen LogP contribution in [0.3, 0.4) is 0 Å². The van der Waals surface area contributed by atoms with Crippen LogP contribution in [0.15, 0.2) is 0 Å². The number of rotatable bonds is 43. The van der Waals surface area contributed by atoms with Crippen LogP contribution in [-0.4, -0.2) is 57.3 Å². The zero-order valence-corrected chi connectivity index (χ0v) is 35.1. The van der Waals surface area contributed by atoms with E-state index >= 15 is 0 Å². The Labute approximate surface area is 324 Å². The number of nitrogens with one attached hydrogen (secondary N) is 1. The number of amides is 1. The Bertz CT molecular complexity index is 706. The Morgan fingerprint density at radius 1 is 0.404 bits per heavy atom. The van der Waals surface area contributed by atoms with E-state index in [0.717, 1.165) is 38.5 Å². The molecule has 0 saturated carbocycles. The molecular formula is C46H93NO5. The number of aliphatic hydroxyl groups is 4. The molecule has 0 aromatic heterocycles. The maximum atomic E-state index is 12.5. The summed E-state index contributed by atoms with van der Waals surface area (Å²) < 4.78 is 0. The van der Waals surface area contributed by atoms with Gasteiger partial charge in [-0.25, -0.2) is 0 Å². The minimum atomic E-state index is -1.25. The minimum Gasteiger partial charge on any atom is -0.394 e. The molecule has 0 aromatic rings. The maximum absolute atomic E-state index is 12.5. The summed E-state index contributed by atoms with van der Waals surface area (Å²) in [4.78, 5) is 12.5. The quantitative estimate of drug-likeness (QED) is 0.0400. The van der Waals surface area contributed by atoms with E-state index in [-0.39, 0.29) is 0 Å². The van der Waals surface area contributed by atoms with Gasteiger partial charge in [0.2, 0.25) is 5.91 Å².